The van der Waals surface area contributed by atoms with E-state index < -0.39 is 5.91 Å². The topological polar surface area (TPSA) is 79.4 Å². The van der Waals surface area contributed by atoms with Crippen molar-refractivity contribution in [2.45, 2.75) is 13.5 Å². The van der Waals surface area contributed by atoms with Gasteiger partial charge in [0, 0.05) is 11.8 Å². The molecule has 4 rings (SSSR count). The molecule has 1 aliphatic heterocycles. The zero-order valence-electron chi connectivity index (χ0n) is 15.2. The van der Waals surface area contributed by atoms with Crippen LogP contribution in [-0.2, 0) is 6.54 Å². The maximum atomic E-state index is 12.7. The van der Waals surface area contributed by atoms with Gasteiger partial charge in [0.15, 0.2) is 0 Å². The summed E-state index contributed by atoms with van der Waals surface area (Å²) in [6.07, 6.45) is 1.65. The molecule has 0 aliphatic carbocycles. The summed E-state index contributed by atoms with van der Waals surface area (Å²) in [4.78, 5) is 43.2. The van der Waals surface area contributed by atoms with Crippen LogP contribution >= 0.6 is 0 Å². The van der Waals surface area contributed by atoms with Crippen molar-refractivity contribution >= 4 is 23.5 Å². The molecule has 2 aromatic carbocycles. The number of carbonyl (C=O) groups excluding carboxylic acids is 3. The van der Waals surface area contributed by atoms with Crippen molar-refractivity contribution in [3.63, 3.8) is 0 Å². The molecule has 0 bridgehead atoms. The molecule has 1 aliphatic rings. The average Bonchev–Trinajstić information content (AvgIpc) is 2.95. The number of pyridine rings is 1. The summed E-state index contributed by atoms with van der Waals surface area (Å²) in [5.74, 6) is -0.715. The zero-order valence-corrected chi connectivity index (χ0v) is 15.2. The Morgan fingerprint density at radius 3 is 2.43 bits per heavy atom. The molecule has 3 amide bonds. The highest BCUT2D eigenvalue weighted by Crippen LogP contribution is 2.26. The fourth-order valence-corrected chi connectivity index (χ4v) is 3.07. The first-order chi connectivity index (χ1) is 13.5. The number of fused-ring (bicyclic) bond motifs is 1. The lowest BCUT2D eigenvalue weighted by Crippen LogP contribution is -2.29. The van der Waals surface area contributed by atoms with Crippen LogP contribution in [0.4, 0.5) is 5.82 Å². The second-order valence-electron chi connectivity index (χ2n) is 6.62. The molecule has 0 radical (unpaired) electrons. The van der Waals surface area contributed by atoms with Crippen LogP contribution in [0, 0.1) is 6.92 Å². The van der Waals surface area contributed by atoms with Gasteiger partial charge < -0.3 is 5.32 Å². The van der Waals surface area contributed by atoms with Gasteiger partial charge >= 0.3 is 0 Å². The fourth-order valence-electron chi connectivity index (χ4n) is 3.07. The second kappa shape index (κ2) is 7.08. The molecule has 0 unspecified atom stereocenters. The number of benzene rings is 2. The van der Waals surface area contributed by atoms with E-state index in [1.54, 1.807) is 18.3 Å². The van der Waals surface area contributed by atoms with Crippen LogP contribution in [0.2, 0.25) is 0 Å². The Kier molecular flexibility index (Phi) is 4.45. The number of amides is 3. The van der Waals surface area contributed by atoms with Crippen LogP contribution in [0.1, 0.15) is 42.2 Å². The van der Waals surface area contributed by atoms with E-state index in [4.69, 9.17) is 0 Å². The molecule has 138 valence electrons. The fraction of sp³-hybridized carbons (Fsp3) is 0.0909. The summed E-state index contributed by atoms with van der Waals surface area (Å²) in [6, 6.07) is 17.4. The minimum absolute atomic E-state index is 0.196. The lowest BCUT2D eigenvalue weighted by atomic mass is 10.1. The molecular weight excluding hydrogens is 354 g/mol. The molecule has 6 nitrogen and oxygen atoms in total. The number of nitrogens with zero attached hydrogens (tertiary/aromatic N) is 2. The van der Waals surface area contributed by atoms with Gasteiger partial charge in [0.05, 0.1) is 17.7 Å². The van der Waals surface area contributed by atoms with Crippen LogP contribution in [0.3, 0.4) is 0 Å². The largest absolute Gasteiger partial charge is 0.307 e. The predicted octanol–water partition coefficient (Wildman–Crippen LogP) is 3.44. The van der Waals surface area contributed by atoms with Gasteiger partial charge in [0.1, 0.15) is 5.82 Å². The summed E-state index contributed by atoms with van der Waals surface area (Å²) in [5, 5.41) is 2.69. The van der Waals surface area contributed by atoms with E-state index in [0.717, 1.165) is 11.1 Å². The van der Waals surface area contributed by atoms with Crippen molar-refractivity contribution in [1.82, 2.24) is 9.88 Å². The summed E-state index contributed by atoms with van der Waals surface area (Å²) in [7, 11) is 0. The van der Waals surface area contributed by atoms with E-state index in [2.05, 4.69) is 10.3 Å². The molecule has 0 spiro atoms. The molecule has 0 atom stereocenters. The number of aromatic nitrogens is 1. The molecule has 1 N–H and O–H groups in total. The standard InChI is InChI=1S/C22H17N3O3/c1-14-7-10-19(23-12-14)24-20(26)16-8-9-17-18(11-16)22(28)25(21(17)27)13-15-5-3-2-4-6-15/h2-12H,13H2,1H3,(H,23,24,26). The van der Waals surface area contributed by atoms with Gasteiger partial charge in [-0.15, -0.1) is 0 Å². The van der Waals surface area contributed by atoms with Gasteiger partial charge in [-0.25, -0.2) is 4.98 Å². The molecule has 3 aromatic rings. The monoisotopic (exact) mass is 371 g/mol. The smallest absolute Gasteiger partial charge is 0.261 e. The molecule has 28 heavy (non-hydrogen) atoms. The number of imide groups is 1. The highest BCUT2D eigenvalue weighted by Gasteiger charge is 2.36. The Morgan fingerprint density at radius 1 is 0.964 bits per heavy atom. The van der Waals surface area contributed by atoms with E-state index in [1.807, 2.05) is 43.3 Å². The van der Waals surface area contributed by atoms with Crippen LogP contribution in [0.25, 0.3) is 0 Å². The van der Waals surface area contributed by atoms with Crippen molar-refractivity contribution in [3.05, 3.63) is 94.7 Å². The number of hydrogen-bond acceptors (Lipinski definition) is 4. The predicted molar refractivity (Wildman–Crippen MR) is 104 cm³/mol. The van der Waals surface area contributed by atoms with Gasteiger partial charge in [0.2, 0.25) is 0 Å². The molecule has 6 heteroatoms. The maximum Gasteiger partial charge on any atom is 0.261 e. The summed E-state index contributed by atoms with van der Waals surface area (Å²) >= 11 is 0. The van der Waals surface area contributed by atoms with Crippen molar-refractivity contribution in [3.8, 4) is 0 Å². The van der Waals surface area contributed by atoms with Crippen molar-refractivity contribution in [1.29, 1.82) is 0 Å². The summed E-state index contributed by atoms with van der Waals surface area (Å²) < 4.78 is 0. The van der Waals surface area contributed by atoms with Crippen LogP contribution in [-0.4, -0.2) is 27.6 Å². The Hall–Kier alpha value is -3.80. The SMILES string of the molecule is Cc1ccc(NC(=O)c2ccc3c(c2)C(=O)N(Cc2ccccc2)C3=O)nc1. The van der Waals surface area contributed by atoms with Crippen LogP contribution in [0.5, 0.6) is 0 Å². The van der Waals surface area contributed by atoms with E-state index in [0.29, 0.717) is 16.9 Å². The molecule has 1 aromatic heterocycles. The normalized spacial score (nSPS) is 12.8. The number of nitrogens with one attached hydrogen (secondary N) is 1. The molecule has 2 heterocycles. The second-order valence-corrected chi connectivity index (χ2v) is 6.62. The quantitative estimate of drug-likeness (QED) is 0.713. The first-order valence-electron chi connectivity index (χ1n) is 8.81. The maximum absolute atomic E-state index is 12.7. The lowest BCUT2D eigenvalue weighted by molar-refractivity contribution is 0.0642. The summed E-state index contributed by atoms with van der Waals surface area (Å²) in [5.41, 5.74) is 2.69. The Morgan fingerprint density at radius 2 is 1.71 bits per heavy atom. The first kappa shape index (κ1) is 17.6. The first-order valence-corrected chi connectivity index (χ1v) is 8.81. The van der Waals surface area contributed by atoms with E-state index >= 15 is 0 Å². The van der Waals surface area contributed by atoms with Gasteiger partial charge in [-0.1, -0.05) is 36.4 Å². The molecule has 0 fully saturated rings. The number of anilines is 1. The van der Waals surface area contributed by atoms with E-state index in [-0.39, 0.29) is 23.9 Å². The summed E-state index contributed by atoms with van der Waals surface area (Å²) in [6.45, 7) is 2.10. The molecule has 0 saturated carbocycles. The van der Waals surface area contributed by atoms with Crippen molar-refractivity contribution < 1.29 is 14.4 Å². The van der Waals surface area contributed by atoms with Crippen molar-refractivity contribution in [2.75, 3.05) is 5.32 Å². The van der Waals surface area contributed by atoms with Gasteiger partial charge in [-0.05, 0) is 42.3 Å². The number of hydrogen-bond donors (Lipinski definition) is 1. The number of carbonyl (C=O) groups is 3. The van der Waals surface area contributed by atoms with E-state index in [9.17, 15) is 14.4 Å². The Labute approximate surface area is 161 Å². The Bertz CT molecular complexity index is 1080. The highest BCUT2D eigenvalue weighted by atomic mass is 16.2. The minimum Gasteiger partial charge on any atom is -0.307 e. The van der Waals surface area contributed by atoms with Gasteiger partial charge in [-0.2, -0.15) is 0 Å². The third-order valence-corrected chi connectivity index (χ3v) is 4.57. The van der Waals surface area contributed by atoms with Gasteiger partial charge in [-0.3, -0.25) is 19.3 Å². The number of rotatable bonds is 4. The van der Waals surface area contributed by atoms with Gasteiger partial charge in [0.25, 0.3) is 17.7 Å². The number of aryl methyl sites for hydroxylation is 1. The van der Waals surface area contributed by atoms with Crippen LogP contribution in [0.15, 0.2) is 66.9 Å². The molecular formula is C22H17N3O3. The third-order valence-electron chi connectivity index (χ3n) is 4.57. The molecule has 0 saturated heterocycles. The lowest BCUT2D eigenvalue weighted by Gasteiger charge is -2.13. The van der Waals surface area contributed by atoms with E-state index in [1.165, 1.54) is 17.0 Å². The van der Waals surface area contributed by atoms with Crippen LogP contribution < -0.4 is 5.32 Å². The minimum atomic E-state index is -0.396. The third kappa shape index (κ3) is 3.27. The Balaban J connectivity index is 1.56. The average molecular weight is 371 g/mol. The zero-order chi connectivity index (χ0) is 19.7. The van der Waals surface area contributed by atoms with Crippen molar-refractivity contribution in [2.24, 2.45) is 0 Å². The highest BCUT2D eigenvalue weighted by molar-refractivity contribution is 6.22.